The number of nitrogens with one attached hydrogen (secondary N) is 2. The Balaban J connectivity index is 1.32. The number of hydrogen-bond donors (Lipinski definition) is 2. The van der Waals surface area contributed by atoms with Crippen LogP contribution in [0.1, 0.15) is 32.1 Å². The highest BCUT2D eigenvalue weighted by Gasteiger charge is 2.27. The van der Waals surface area contributed by atoms with Crippen molar-refractivity contribution in [2.45, 2.75) is 44.2 Å². The van der Waals surface area contributed by atoms with Crippen molar-refractivity contribution in [1.29, 1.82) is 0 Å². The van der Waals surface area contributed by atoms with Crippen LogP contribution in [0.2, 0.25) is 0 Å². The predicted molar refractivity (Wildman–Crippen MR) is 77.6 cm³/mol. The summed E-state index contributed by atoms with van der Waals surface area (Å²) < 4.78 is 5.38. The number of nitrogens with zero attached hydrogens (tertiary/aromatic N) is 1. The predicted octanol–water partition coefficient (Wildman–Crippen LogP) is 0.356. The van der Waals surface area contributed by atoms with Crippen molar-refractivity contribution < 1.29 is 9.53 Å². The molecule has 2 aliphatic heterocycles. The molecule has 2 heterocycles. The smallest absolute Gasteiger partial charge is 0.221 e. The fraction of sp³-hybridized carbons (Fsp3) is 0.933. The van der Waals surface area contributed by atoms with Gasteiger partial charge >= 0.3 is 0 Å². The first kappa shape index (κ1) is 14.3. The first-order valence-electron chi connectivity index (χ1n) is 8.12. The third-order valence-corrected chi connectivity index (χ3v) is 4.60. The third kappa shape index (κ3) is 4.43. The van der Waals surface area contributed by atoms with Crippen molar-refractivity contribution in [3.63, 3.8) is 0 Å². The Morgan fingerprint density at radius 3 is 2.70 bits per heavy atom. The van der Waals surface area contributed by atoms with Crippen LogP contribution < -0.4 is 10.6 Å². The van der Waals surface area contributed by atoms with Crippen LogP contribution in [0, 0.1) is 5.92 Å². The van der Waals surface area contributed by atoms with E-state index in [1.807, 2.05) is 0 Å². The summed E-state index contributed by atoms with van der Waals surface area (Å²) >= 11 is 0. The van der Waals surface area contributed by atoms with Crippen LogP contribution in [0.25, 0.3) is 0 Å². The average molecular weight is 281 g/mol. The minimum Gasteiger partial charge on any atom is -0.378 e. The van der Waals surface area contributed by atoms with Crippen LogP contribution in [0.4, 0.5) is 0 Å². The van der Waals surface area contributed by atoms with E-state index in [2.05, 4.69) is 15.5 Å². The standard InChI is InChI=1S/C15H27N3O2/c19-15(9-14-11-20-8-5-16-14)17-13-3-6-18(7-4-13)10-12-1-2-12/h12-14,16H,1-11H2,(H,17,19). The van der Waals surface area contributed by atoms with Gasteiger partial charge in [0.1, 0.15) is 0 Å². The maximum Gasteiger partial charge on any atom is 0.221 e. The highest BCUT2D eigenvalue weighted by molar-refractivity contribution is 5.76. The molecular weight excluding hydrogens is 254 g/mol. The van der Waals surface area contributed by atoms with Gasteiger partial charge in [-0.3, -0.25) is 4.79 Å². The highest BCUT2D eigenvalue weighted by atomic mass is 16.5. The lowest BCUT2D eigenvalue weighted by molar-refractivity contribution is -0.123. The topological polar surface area (TPSA) is 53.6 Å². The fourth-order valence-corrected chi connectivity index (χ4v) is 3.19. The van der Waals surface area contributed by atoms with Crippen molar-refractivity contribution >= 4 is 5.91 Å². The summed E-state index contributed by atoms with van der Waals surface area (Å²) in [6.45, 7) is 5.85. The SMILES string of the molecule is O=C(CC1COCCN1)NC1CCN(CC2CC2)CC1. The monoisotopic (exact) mass is 281 g/mol. The molecule has 0 spiro atoms. The van der Waals surface area contributed by atoms with E-state index in [4.69, 9.17) is 4.74 Å². The minimum absolute atomic E-state index is 0.175. The van der Waals surface area contributed by atoms with E-state index < -0.39 is 0 Å². The van der Waals surface area contributed by atoms with Crippen molar-refractivity contribution in [2.75, 3.05) is 39.4 Å². The van der Waals surface area contributed by atoms with Crippen LogP contribution in [-0.4, -0.2) is 62.3 Å². The van der Waals surface area contributed by atoms with E-state index in [0.29, 0.717) is 19.1 Å². The Hall–Kier alpha value is -0.650. The van der Waals surface area contributed by atoms with Gasteiger partial charge in [-0.2, -0.15) is 0 Å². The Kier molecular flexibility index (Phi) is 4.91. The zero-order valence-electron chi connectivity index (χ0n) is 12.3. The average Bonchev–Trinajstić information content (AvgIpc) is 3.26. The van der Waals surface area contributed by atoms with Gasteiger partial charge in [0.15, 0.2) is 0 Å². The van der Waals surface area contributed by atoms with Crippen LogP contribution in [-0.2, 0) is 9.53 Å². The van der Waals surface area contributed by atoms with Crippen molar-refractivity contribution in [3.8, 4) is 0 Å². The molecule has 0 aromatic carbocycles. The Morgan fingerprint density at radius 2 is 2.05 bits per heavy atom. The van der Waals surface area contributed by atoms with Gasteiger partial charge in [-0.15, -0.1) is 0 Å². The second kappa shape index (κ2) is 6.87. The van der Waals surface area contributed by atoms with Crippen molar-refractivity contribution in [3.05, 3.63) is 0 Å². The van der Waals surface area contributed by atoms with Gasteiger partial charge in [-0.05, 0) is 31.6 Å². The summed E-state index contributed by atoms with van der Waals surface area (Å²) in [7, 11) is 0. The molecule has 2 N–H and O–H groups in total. The Bertz CT molecular complexity index is 319. The van der Waals surface area contributed by atoms with E-state index in [1.165, 1.54) is 19.4 Å². The first-order valence-corrected chi connectivity index (χ1v) is 8.12. The van der Waals surface area contributed by atoms with Crippen LogP contribution in [0.15, 0.2) is 0 Å². The number of morpholine rings is 1. The molecule has 0 aromatic heterocycles. The molecule has 2 saturated heterocycles. The summed E-state index contributed by atoms with van der Waals surface area (Å²) in [6, 6.07) is 0.571. The Labute approximate surface area is 121 Å². The van der Waals surface area contributed by atoms with Gasteiger partial charge in [-0.25, -0.2) is 0 Å². The third-order valence-electron chi connectivity index (χ3n) is 4.60. The summed E-state index contributed by atoms with van der Waals surface area (Å²) in [5, 5.41) is 6.52. The molecule has 0 aromatic rings. The van der Waals surface area contributed by atoms with E-state index in [1.54, 1.807) is 0 Å². The molecule has 0 radical (unpaired) electrons. The van der Waals surface area contributed by atoms with Gasteiger partial charge in [0, 0.05) is 44.7 Å². The van der Waals surface area contributed by atoms with Crippen molar-refractivity contribution in [1.82, 2.24) is 15.5 Å². The molecule has 1 amide bonds. The van der Waals surface area contributed by atoms with Crippen molar-refractivity contribution in [2.24, 2.45) is 5.92 Å². The molecular formula is C15H27N3O2. The summed E-state index contributed by atoms with van der Waals surface area (Å²) in [5.41, 5.74) is 0. The summed E-state index contributed by atoms with van der Waals surface area (Å²) in [4.78, 5) is 14.6. The van der Waals surface area contributed by atoms with Gasteiger partial charge in [0.25, 0.3) is 0 Å². The molecule has 3 fully saturated rings. The molecule has 3 aliphatic rings. The lowest BCUT2D eigenvalue weighted by Crippen LogP contribution is -2.48. The second-order valence-electron chi connectivity index (χ2n) is 6.52. The number of likely N-dealkylation sites (tertiary alicyclic amines) is 1. The second-order valence-corrected chi connectivity index (χ2v) is 6.52. The van der Waals surface area contributed by atoms with E-state index >= 15 is 0 Å². The molecule has 3 rings (SSSR count). The number of hydrogen-bond acceptors (Lipinski definition) is 4. The number of ether oxygens (including phenoxy) is 1. The normalized spacial score (nSPS) is 29.3. The summed E-state index contributed by atoms with van der Waals surface area (Å²) in [5.74, 6) is 1.15. The first-order chi connectivity index (χ1) is 9.79. The van der Waals surface area contributed by atoms with E-state index in [-0.39, 0.29) is 11.9 Å². The highest BCUT2D eigenvalue weighted by Crippen LogP contribution is 2.30. The fourth-order valence-electron chi connectivity index (χ4n) is 3.19. The molecule has 5 nitrogen and oxygen atoms in total. The van der Waals surface area contributed by atoms with Gasteiger partial charge in [-0.1, -0.05) is 0 Å². The van der Waals surface area contributed by atoms with Crippen LogP contribution in [0.5, 0.6) is 0 Å². The molecule has 20 heavy (non-hydrogen) atoms. The van der Waals surface area contributed by atoms with Gasteiger partial charge in [0.2, 0.25) is 5.91 Å². The molecule has 1 unspecified atom stereocenters. The van der Waals surface area contributed by atoms with E-state index in [9.17, 15) is 4.79 Å². The van der Waals surface area contributed by atoms with E-state index in [0.717, 1.165) is 45.0 Å². The molecule has 1 saturated carbocycles. The molecule has 1 aliphatic carbocycles. The maximum absolute atomic E-state index is 12.0. The maximum atomic E-state index is 12.0. The lowest BCUT2D eigenvalue weighted by atomic mass is 10.0. The Morgan fingerprint density at radius 1 is 1.25 bits per heavy atom. The zero-order chi connectivity index (χ0) is 13.8. The van der Waals surface area contributed by atoms with Gasteiger partial charge in [0.05, 0.1) is 13.2 Å². The molecule has 114 valence electrons. The number of rotatable bonds is 5. The van der Waals surface area contributed by atoms with Gasteiger partial charge < -0.3 is 20.3 Å². The number of carbonyl (C=O) groups is 1. The number of amides is 1. The number of piperidine rings is 1. The molecule has 0 bridgehead atoms. The van der Waals surface area contributed by atoms with Crippen LogP contribution in [0.3, 0.4) is 0 Å². The summed E-state index contributed by atoms with van der Waals surface area (Å²) in [6.07, 6.45) is 5.60. The number of carbonyl (C=O) groups excluding carboxylic acids is 1. The quantitative estimate of drug-likeness (QED) is 0.764. The minimum atomic E-state index is 0.175. The van der Waals surface area contributed by atoms with Crippen LogP contribution >= 0.6 is 0 Å². The lowest BCUT2D eigenvalue weighted by Gasteiger charge is -2.32. The molecule has 1 atom stereocenters. The largest absolute Gasteiger partial charge is 0.378 e. The molecule has 5 heteroatoms. The zero-order valence-corrected chi connectivity index (χ0v) is 12.3.